The van der Waals surface area contributed by atoms with Crippen LogP contribution in [-0.2, 0) is 0 Å². The first-order valence-electron chi connectivity index (χ1n) is 3.21. The van der Waals surface area contributed by atoms with E-state index in [2.05, 4.69) is 14.7 Å². The molecule has 0 spiro atoms. The van der Waals surface area contributed by atoms with Gasteiger partial charge in [0.25, 0.3) is 11.8 Å². The number of aliphatic hydroxyl groups is 1. The molecule has 0 amide bonds. The molecule has 6 nitrogen and oxygen atoms in total. The number of hydrogen-bond donors (Lipinski definition) is 3. The first kappa shape index (κ1) is 7.96. The fraction of sp³-hybridized carbons (Fsp3) is 0.600. The highest BCUT2D eigenvalue weighted by Crippen LogP contribution is 2.13. The van der Waals surface area contributed by atoms with Crippen LogP contribution in [0.25, 0.3) is 0 Å². The zero-order valence-corrected chi connectivity index (χ0v) is 5.90. The van der Waals surface area contributed by atoms with Crippen LogP contribution < -0.4 is 11.5 Å². The minimum absolute atomic E-state index is 0.0241. The Balaban J connectivity index is 2.60. The summed E-state index contributed by atoms with van der Waals surface area (Å²) in [6.45, 7) is 0.365. The third-order valence-corrected chi connectivity index (χ3v) is 1.18. The van der Waals surface area contributed by atoms with Crippen molar-refractivity contribution in [1.29, 1.82) is 0 Å². The SMILES string of the molecule is NCCC(O)c1nc(N)no1. The first-order valence-corrected chi connectivity index (χ1v) is 3.21. The maximum absolute atomic E-state index is 9.20. The molecule has 1 atom stereocenters. The summed E-state index contributed by atoms with van der Waals surface area (Å²) >= 11 is 0. The minimum Gasteiger partial charge on any atom is -0.383 e. The van der Waals surface area contributed by atoms with Gasteiger partial charge >= 0.3 is 0 Å². The molecule has 62 valence electrons. The molecule has 11 heavy (non-hydrogen) atoms. The third kappa shape index (κ3) is 1.89. The lowest BCUT2D eigenvalue weighted by molar-refractivity contribution is 0.127. The molecule has 0 aromatic carbocycles. The van der Waals surface area contributed by atoms with Crippen LogP contribution in [-0.4, -0.2) is 21.8 Å². The van der Waals surface area contributed by atoms with Gasteiger partial charge < -0.3 is 21.1 Å². The van der Waals surface area contributed by atoms with Gasteiger partial charge in [0, 0.05) is 0 Å². The van der Waals surface area contributed by atoms with Crippen molar-refractivity contribution in [2.75, 3.05) is 12.3 Å². The summed E-state index contributed by atoms with van der Waals surface area (Å²) < 4.78 is 4.59. The van der Waals surface area contributed by atoms with Crippen LogP contribution >= 0.6 is 0 Å². The summed E-state index contributed by atoms with van der Waals surface area (Å²) in [4.78, 5) is 3.62. The zero-order chi connectivity index (χ0) is 8.27. The second-order valence-electron chi connectivity index (χ2n) is 2.08. The molecule has 1 unspecified atom stereocenters. The maximum atomic E-state index is 9.20. The highest BCUT2D eigenvalue weighted by molar-refractivity contribution is 5.11. The van der Waals surface area contributed by atoms with Gasteiger partial charge in [-0.15, -0.1) is 0 Å². The minimum atomic E-state index is -0.801. The standard InChI is InChI=1S/C5H10N4O2/c6-2-1-3(10)4-8-5(7)9-11-4/h3,10H,1-2,6H2,(H2,7,9). The molecule has 0 bridgehead atoms. The molecular formula is C5H10N4O2. The van der Waals surface area contributed by atoms with E-state index in [1.165, 1.54) is 0 Å². The fourth-order valence-corrected chi connectivity index (χ4v) is 0.664. The number of nitrogens with two attached hydrogens (primary N) is 2. The van der Waals surface area contributed by atoms with Crippen molar-refractivity contribution in [1.82, 2.24) is 10.1 Å². The lowest BCUT2D eigenvalue weighted by atomic mass is 10.2. The topological polar surface area (TPSA) is 111 Å². The number of hydrogen-bond acceptors (Lipinski definition) is 6. The van der Waals surface area contributed by atoms with Gasteiger partial charge in [0.05, 0.1) is 0 Å². The molecule has 0 saturated heterocycles. The normalized spacial score (nSPS) is 13.3. The van der Waals surface area contributed by atoms with Crippen molar-refractivity contribution < 1.29 is 9.63 Å². The molecule has 0 fully saturated rings. The largest absolute Gasteiger partial charge is 0.383 e. The van der Waals surface area contributed by atoms with E-state index in [9.17, 15) is 5.11 Å². The van der Waals surface area contributed by atoms with Crippen LogP contribution in [0.3, 0.4) is 0 Å². The van der Waals surface area contributed by atoms with Gasteiger partial charge in [0.15, 0.2) is 0 Å². The number of aliphatic hydroxyl groups excluding tert-OH is 1. The van der Waals surface area contributed by atoms with Crippen LogP contribution in [0.2, 0.25) is 0 Å². The van der Waals surface area contributed by atoms with Gasteiger partial charge in [0.1, 0.15) is 6.10 Å². The predicted molar refractivity (Wildman–Crippen MR) is 37.3 cm³/mol. The lowest BCUT2D eigenvalue weighted by Crippen LogP contribution is -2.06. The summed E-state index contributed by atoms with van der Waals surface area (Å²) in [5.41, 5.74) is 10.3. The Morgan fingerprint density at radius 1 is 1.64 bits per heavy atom. The number of nitrogen functional groups attached to an aromatic ring is 1. The van der Waals surface area contributed by atoms with E-state index in [-0.39, 0.29) is 11.8 Å². The monoisotopic (exact) mass is 158 g/mol. The van der Waals surface area contributed by atoms with E-state index in [1.807, 2.05) is 0 Å². The molecule has 0 aliphatic carbocycles. The molecule has 0 saturated carbocycles. The molecule has 0 aliphatic rings. The van der Waals surface area contributed by atoms with Gasteiger partial charge in [-0.1, -0.05) is 0 Å². The van der Waals surface area contributed by atoms with Gasteiger partial charge in [-0.2, -0.15) is 4.98 Å². The Labute approximate surface area is 63.2 Å². The molecule has 1 rings (SSSR count). The summed E-state index contributed by atoms with van der Waals surface area (Å²) in [5.74, 6) is 0.143. The smallest absolute Gasteiger partial charge is 0.260 e. The average Bonchev–Trinajstić information content (AvgIpc) is 2.36. The van der Waals surface area contributed by atoms with E-state index in [0.717, 1.165) is 0 Å². The van der Waals surface area contributed by atoms with E-state index in [1.54, 1.807) is 0 Å². The first-order chi connectivity index (χ1) is 5.24. The van der Waals surface area contributed by atoms with Crippen LogP contribution in [0.5, 0.6) is 0 Å². The molecule has 1 aromatic heterocycles. The highest BCUT2D eigenvalue weighted by Gasteiger charge is 2.13. The number of nitrogens with zero attached hydrogens (tertiary/aromatic N) is 2. The average molecular weight is 158 g/mol. The van der Waals surface area contributed by atoms with Crippen molar-refractivity contribution in [3.05, 3.63) is 5.89 Å². The Morgan fingerprint density at radius 2 is 2.36 bits per heavy atom. The number of aromatic nitrogens is 2. The summed E-state index contributed by atoms with van der Waals surface area (Å²) in [6, 6.07) is 0. The highest BCUT2D eigenvalue weighted by atomic mass is 16.5. The molecule has 0 aliphatic heterocycles. The second-order valence-corrected chi connectivity index (χ2v) is 2.08. The Bertz CT molecular complexity index is 224. The molecule has 1 aromatic rings. The Morgan fingerprint density at radius 3 is 2.82 bits per heavy atom. The van der Waals surface area contributed by atoms with E-state index < -0.39 is 6.10 Å². The van der Waals surface area contributed by atoms with E-state index in [0.29, 0.717) is 13.0 Å². The summed E-state index contributed by atoms with van der Waals surface area (Å²) in [5, 5.41) is 12.5. The van der Waals surface area contributed by atoms with Crippen LogP contribution in [0.15, 0.2) is 4.52 Å². The van der Waals surface area contributed by atoms with Crippen LogP contribution in [0.4, 0.5) is 5.95 Å². The van der Waals surface area contributed by atoms with Gasteiger partial charge in [-0.05, 0) is 18.1 Å². The van der Waals surface area contributed by atoms with Gasteiger partial charge in [0.2, 0.25) is 0 Å². The number of anilines is 1. The molecule has 6 heteroatoms. The molecule has 5 N–H and O–H groups in total. The summed E-state index contributed by atoms with van der Waals surface area (Å²) in [7, 11) is 0. The van der Waals surface area contributed by atoms with E-state index in [4.69, 9.17) is 11.5 Å². The zero-order valence-electron chi connectivity index (χ0n) is 5.90. The van der Waals surface area contributed by atoms with Crippen molar-refractivity contribution >= 4 is 5.95 Å². The maximum Gasteiger partial charge on any atom is 0.260 e. The van der Waals surface area contributed by atoms with Crippen molar-refractivity contribution in [2.45, 2.75) is 12.5 Å². The van der Waals surface area contributed by atoms with Gasteiger partial charge in [-0.3, -0.25) is 0 Å². The van der Waals surface area contributed by atoms with Crippen molar-refractivity contribution in [3.63, 3.8) is 0 Å². The Hall–Kier alpha value is -1.14. The molecular weight excluding hydrogens is 148 g/mol. The molecule has 0 radical (unpaired) electrons. The van der Waals surface area contributed by atoms with Gasteiger partial charge in [-0.25, -0.2) is 0 Å². The van der Waals surface area contributed by atoms with E-state index >= 15 is 0 Å². The second kappa shape index (κ2) is 3.31. The number of rotatable bonds is 3. The lowest BCUT2D eigenvalue weighted by Gasteiger charge is -2.00. The summed E-state index contributed by atoms with van der Waals surface area (Å²) in [6.07, 6.45) is -0.411. The van der Waals surface area contributed by atoms with Crippen LogP contribution in [0.1, 0.15) is 18.4 Å². The third-order valence-electron chi connectivity index (χ3n) is 1.18. The fourth-order valence-electron chi connectivity index (χ4n) is 0.664. The van der Waals surface area contributed by atoms with Crippen molar-refractivity contribution in [2.24, 2.45) is 5.73 Å². The van der Waals surface area contributed by atoms with Crippen LogP contribution in [0, 0.1) is 0 Å². The Kier molecular flexibility index (Phi) is 2.40. The molecule has 1 heterocycles. The predicted octanol–water partition coefficient (Wildman–Crippen LogP) is -0.966. The quantitative estimate of drug-likeness (QED) is 0.522. The van der Waals surface area contributed by atoms with Crippen molar-refractivity contribution in [3.8, 4) is 0 Å².